The average Bonchev–Trinajstić information content (AvgIpc) is 2.90. The molecular weight excluding hydrogens is 276 g/mol. The van der Waals surface area contributed by atoms with Crippen molar-refractivity contribution in [1.82, 2.24) is 10.2 Å². The quantitative estimate of drug-likeness (QED) is 0.771. The first-order chi connectivity index (χ1) is 9.62. The van der Waals surface area contributed by atoms with E-state index in [1.165, 1.54) is 0 Å². The van der Waals surface area contributed by atoms with Crippen molar-refractivity contribution in [1.29, 1.82) is 0 Å². The van der Waals surface area contributed by atoms with Crippen LogP contribution in [0.15, 0.2) is 0 Å². The highest BCUT2D eigenvalue weighted by molar-refractivity contribution is 7.99. The van der Waals surface area contributed by atoms with Crippen LogP contribution >= 0.6 is 11.8 Å². The zero-order valence-corrected chi connectivity index (χ0v) is 12.7. The molecule has 0 aromatic carbocycles. The summed E-state index contributed by atoms with van der Waals surface area (Å²) < 4.78 is 0. The smallest absolute Gasteiger partial charge is 0.310 e. The molecule has 20 heavy (non-hydrogen) atoms. The predicted octanol–water partition coefficient (Wildman–Crippen LogP) is 1.19. The molecule has 114 valence electrons. The van der Waals surface area contributed by atoms with Crippen LogP contribution in [0.4, 0.5) is 0 Å². The van der Waals surface area contributed by atoms with Gasteiger partial charge in [0.25, 0.3) is 0 Å². The number of carboxylic acid groups (broad SMARTS) is 1. The molecule has 0 spiro atoms. The average molecular weight is 300 g/mol. The van der Waals surface area contributed by atoms with E-state index in [1.54, 1.807) is 0 Å². The highest BCUT2D eigenvalue weighted by Gasteiger charge is 2.42. The van der Waals surface area contributed by atoms with Crippen molar-refractivity contribution in [3.8, 4) is 0 Å². The summed E-state index contributed by atoms with van der Waals surface area (Å²) in [5, 5.41) is 12.2. The lowest BCUT2D eigenvalue weighted by Crippen LogP contribution is -2.41. The molecule has 0 bridgehead atoms. The van der Waals surface area contributed by atoms with Gasteiger partial charge in [-0.2, -0.15) is 11.8 Å². The van der Waals surface area contributed by atoms with Crippen LogP contribution in [0.25, 0.3) is 0 Å². The number of carboxylic acids is 1. The number of aliphatic carboxylic acids is 1. The summed E-state index contributed by atoms with van der Waals surface area (Å²) in [6.07, 6.45) is 3.26. The molecule has 1 heterocycles. The van der Waals surface area contributed by atoms with Crippen molar-refractivity contribution >= 4 is 23.6 Å². The Balaban J connectivity index is 1.70. The fourth-order valence-corrected chi connectivity index (χ4v) is 4.04. The van der Waals surface area contributed by atoms with E-state index in [0.717, 1.165) is 44.0 Å². The van der Waals surface area contributed by atoms with Crippen LogP contribution in [0.2, 0.25) is 0 Å². The molecule has 0 aromatic rings. The van der Waals surface area contributed by atoms with Crippen LogP contribution < -0.4 is 5.32 Å². The molecule has 0 atom stereocenters. The number of rotatable bonds is 6. The van der Waals surface area contributed by atoms with Crippen LogP contribution in [0, 0.1) is 5.41 Å². The van der Waals surface area contributed by atoms with Crippen LogP contribution in [0.1, 0.15) is 32.1 Å². The normalized spacial score (nSPS) is 22.6. The molecule has 0 aromatic heterocycles. The van der Waals surface area contributed by atoms with E-state index >= 15 is 0 Å². The Kier molecular flexibility index (Phi) is 5.72. The zero-order chi connectivity index (χ0) is 14.4. The number of nitrogens with zero attached hydrogens (tertiary/aromatic N) is 1. The van der Waals surface area contributed by atoms with Gasteiger partial charge in [-0.3, -0.25) is 14.5 Å². The summed E-state index contributed by atoms with van der Waals surface area (Å²) in [6.45, 7) is 3.66. The second-order valence-electron chi connectivity index (χ2n) is 5.77. The van der Waals surface area contributed by atoms with Crippen molar-refractivity contribution in [2.75, 3.05) is 37.7 Å². The Bertz CT molecular complexity index is 350. The topological polar surface area (TPSA) is 69.6 Å². The van der Waals surface area contributed by atoms with Crippen LogP contribution in [0.5, 0.6) is 0 Å². The highest BCUT2D eigenvalue weighted by Crippen LogP contribution is 2.41. The van der Waals surface area contributed by atoms with Gasteiger partial charge >= 0.3 is 5.97 Å². The fourth-order valence-electron chi connectivity index (χ4n) is 3.07. The number of carbonyl (C=O) groups is 2. The van der Waals surface area contributed by atoms with Gasteiger partial charge in [-0.15, -0.1) is 0 Å². The lowest BCUT2D eigenvalue weighted by atomic mass is 9.82. The Morgan fingerprint density at radius 3 is 2.45 bits per heavy atom. The van der Waals surface area contributed by atoms with E-state index in [-0.39, 0.29) is 12.3 Å². The van der Waals surface area contributed by atoms with E-state index in [9.17, 15) is 14.7 Å². The van der Waals surface area contributed by atoms with Crippen molar-refractivity contribution in [2.45, 2.75) is 32.1 Å². The molecule has 6 heteroatoms. The fraction of sp³-hybridized carbons (Fsp3) is 0.857. The molecule has 5 nitrogen and oxygen atoms in total. The van der Waals surface area contributed by atoms with Crippen molar-refractivity contribution in [2.24, 2.45) is 5.41 Å². The maximum atomic E-state index is 12.0. The van der Waals surface area contributed by atoms with Crippen LogP contribution in [-0.4, -0.2) is 59.6 Å². The summed E-state index contributed by atoms with van der Waals surface area (Å²) in [5.41, 5.74) is -0.800. The number of carbonyl (C=O) groups excluding carboxylic acids is 1. The lowest BCUT2D eigenvalue weighted by molar-refractivity contribution is -0.151. The van der Waals surface area contributed by atoms with Crippen molar-refractivity contribution in [3.05, 3.63) is 0 Å². The standard InChI is InChI=1S/C14H24N2O3S/c17-12(11-14(13(18)19)3-1-2-4-14)15-5-6-16-7-9-20-10-8-16/h1-11H2,(H,15,17)(H,18,19). The maximum Gasteiger partial charge on any atom is 0.310 e. The van der Waals surface area contributed by atoms with Crippen LogP contribution in [-0.2, 0) is 9.59 Å². The van der Waals surface area contributed by atoms with Gasteiger partial charge in [0, 0.05) is 44.1 Å². The summed E-state index contributed by atoms with van der Waals surface area (Å²) in [4.78, 5) is 25.7. The first kappa shape index (κ1) is 15.6. The highest BCUT2D eigenvalue weighted by atomic mass is 32.2. The second-order valence-corrected chi connectivity index (χ2v) is 7.00. The van der Waals surface area contributed by atoms with Gasteiger partial charge in [-0.25, -0.2) is 0 Å². The van der Waals surface area contributed by atoms with E-state index < -0.39 is 11.4 Å². The Labute approximate surface area is 124 Å². The van der Waals surface area contributed by atoms with Gasteiger partial charge in [0.1, 0.15) is 0 Å². The van der Waals surface area contributed by atoms with E-state index in [0.29, 0.717) is 19.4 Å². The molecule has 0 radical (unpaired) electrons. The molecule has 1 saturated carbocycles. The van der Waals surface area contributed by atoms with Gasteiger partial charge < -0.3 is 10.4 Å². The molecule has 2 aliphatic rings. The largest absolute Gasteiger partial charge is 0.481 e. The van der Waals surface area contributed by atoms with E-state index in [1.807, 2.05) is 11.8 Å². The van der Waals surface area contributed by atoms with E-state index in [2.05, 4.69) is 10.2 Å². The molecule has 1 aliphatic carbocycles. The molecule has 2 N–H and O–H groups in total. The molecular formula is C14H24N2O3S. The summed E-state index contributed by atoms with van der Waals surface area (Å²) in [5.74, 6) is 1.41. The predicted molar refractivity (Wildman–Crippen MR) is 79.9 cm³/mol. The minimum atomic E-state index is -0.807. The third-order valence-corrected chi connectivity index (χ3v) is 5.31. The van der Waals surface area contributed by atoms with Gasteiger partial charge in [-0.05, 0) is 12.8 Å². The Morgan fingerprint density at radius 2 is 1.85 bits per heavy atom. The minimum absolute atomic E-state index is 0.110. The number of hydrogen-bond donors (Lipinski definition) is 2. The summed E-state index contributed by atoms with van der Waals surface area (Å²) in [7, 11) is 0. The number of amides is 1. The number of nitrogens with one attached hydrogen (secondary N) is 1. The Hall–Kier alpha value is -0.750. The maximum absolute atomic E-state index is 12.0. The van der Waals surface area contributed by atoms with Crippen molar-refractivity contribution in [3.63, 3.8) is 0 Å². The van der Waals surface area contributed by atoms with Gasteiger partial charge in [0.15, 0.2) is 0 Å². The molecule has 2 fully saturated rings. The number of thioether (sulfide) groups is 1. The van der Waals surface area contributed by atoms with Gasteiger partial charge in [-0.1, -0.05) is 12.8 Å². The molecule has 2 rings (SSSR count). The van der Waals surface area contributed by atoms with Crippen molar-refractivity contribution < 1.29 is 14.7 Å². The molecule has 1 saturated heterocycles. The third-order valence-electron chi connectivity index (χ3n) is 4.37. The van der Waals surface area contributed by atoms with Crippen LogP contribution in [0.3, 0.4) is 0 Å². The monoisotopic (exact) mass is 300 g/mol. The van der Waals surface area contributed by atoms with Gasteiger partial charge in [0.05, 0.1) is 5.41 Å². The third kappa shape index (κ3) is 4.12. The second kappa shape index (κ2) is 7.31. The van der Waals surface area contributed by atoms with Gasteiger partial charge in [0.2, 0.25) is 5.91 Å². The first-order valence-corrected chi connectivity index (χ1v) is 8.58. The zero-order valence-electron chi connectivity index (χ0n) is 11.9. The molecule has 1 amide bonds. The lowest BCUT2D eigenvalue weighted by Gasteiger charge is -2.26. The van der Waals surface area contributed by atoms with E-state index in [4.69, 9.17) is 0 Å². The number of hydrogen-bond acceptors (Lipinski definition) is 4. The first-order valence-electron chi connectivity index (χ1n) is 7.43. The summed E-state index contributed by atoms with van der Waals surface area (Å²) >= 11 is 1.97. The Morgan fingerprint density at radius 1 is 1.20 bits per heavy atom. The molecule has 0 unspecified atom stereocenters. The SMILES string of the molecule is O=C(CC1(C(=O)O)CCCC1)NCCN1CCSCC1. The molecule has 1 aliphatic heterocycles. The minimum Gasteiger partial charge on any atom is -0.481 e. The summed E-state index contributed by atoms with van der Waals surface area (Å²) in [6, 6.07) is 0.